The lowest BCUT2D eigenvalue weighted by molar-refractivity contribution is 0.181. The predicted octanol–water partition coefficient (Wildman–Crippen LogP) is 3.45. The van der Waals surface area contributed by atoms with Gasteiger partial charge in [0.05, 0.1) is 14.2 Å². The summed E-state index contributed by atoms with van der Waals surface area (Å²) in [6.07, 6.45) is -0.458. The van der Waals surface area contributed by atoms with Crippen LogP contribution in [-0.4, -0.2) is 13.2 Å². The van der Waals surface area contributed by atoms with E-state index >= 15 is 0 Å². The highest BCUT2D eigenvalue weighted by Gasteiger charge is 2.32. The van der Waals surface area contributed by atoms with Crippen molar-refractivity contribution in [1.29, 1.82) is 0 Å². The Labute approximate surface area is 99.5 Å². The lowest BCUT2D eigenvalue weighted by Crippen LogP contribution is -2.31. The molecule has 1 nitrogen and oxygen atoms in total. The second kappa shape index (κ2) is 5.34. The number of aliphatic hydroxyl groups excluding tert-OH is 1. The van der Waals surface area contributed by atoms with Crippen LogP contribution in [0.2, 0.25) is 25.2 Å². The van der Waals surface area contributed by atoms with E-state index in [1.165, 1.54) is 0 Å². The van der Waals surface area contributed by atoms with Gasteiger partial charge in [0.15, 0.2) is 0 Å². The molecule has 86 valence electrons. The Balaban J connectivity index is 3.00. The summed E-state index contributed by atoms with van der Waals surface area (Å²) < 4.78 is 0. The lowest BCUT2D eigenvalue weighted by atomic mass is 10.1. The standard InChI is InChI=1S/C14H20OSi/c1-5-9-13(16(2,3)4)14(15)12-10-7-6-8-11-12/h6-8,10-11,13-15H,1-4H3/t13-,14-/m0/s1. The molecule has 0 saturated heterocycles. The van der Waals surface area contributed by atoms with Gasteiger partial charge in [-0.1, -0.05) is 50.0 Å². The van der Waals surface area contributed by atoms with E-state index in [2.05, 4.69) is 31.5 Å². The molecule has 1 aromatic carbocycles. The minimum Gasteiger partial charge on any atom is -0.387 e. The molecule has 0 amide bonds. The van der Waals surface area contributed by atoms with E-state index in [-0.39, 0.29) is 5.54 Å². The highest BCUT2D eigenvalue weighted by atomic mass is 28.3. The largest absolute Gasteiger partial charge is 0.387 e. The van der Waals surface area contributed by atoms with E-state index in [9.17, 15) is 5.11 Å². The second-order valence-electron chi connectivity index (χ2n) is 5.09. The van der Waals surface area contributed by atoms with Crippen LogP contribution in [0.15, 0.2) is 30.3 Å². The first-order valence-corrected chi connectivity index (χ1v) is 9.20. The summed E-state index contributed by atoms with van der Waals surface area (Å²) in [5.41, 5.74) is 1.07. The van der Waals surface area contributed by atoms with Crippen molar-refractivity contribution >= 4 is 8.07 Å². The second-order valence-corrected chi connectivity index (χ2v) is 10.4. The van der Waals surface area contributed by atoms with Crippen LogP contribution in [0.3, 0.4) is 0 Å². The molecule has 1 rings (SSSR count). The van der Waals surface area contributed by atoms with Crippen molar-refractivity contribution in [3.63, 3.8) is 0 Å². The molecule has 0 heterocycles. The highest BCUT2D eigenvalue weighted by molar-refractivity contribution is 6.78. The Kier molecular flexibility index (Phi) is 4.34. The number of aliphatic hydroxyl groups is 1. The van der Waals surface area contributed by atoms with Crippen molar-refractivity contribution in [2.75, 3.05) is 0 Å². The molecule has 16 heavy (non-hydrogen) atoms. The molecule has 1 aromatic rings. The van der Waals surface area contributed by atoms with E-state index < -0.39 is 14.2 Å². The SMILES string of the molecule is CC#C[C@@H]([C@@H](O)c1ccccc1)[Si](C)(C)C. The van der Waals surface area contributed by atoms with Crippen LogP contribution < -0.4 is 0 Å². The van der Waals surface area contributed by atoms with Crippen LogP contribution in [0, 0.1) is 11.8 Å². The average Bonchev–Trinajstić information content (AvgIpc) is 2.25. The number of hydrogen-bond acceptors (Lipinski definition) is 1. The molecular formula is C14H20OSi. The smallest absolute Gasteiger partial charge is 0.0901 e. The number of hydrogen-bond donors (Lipinski definition) is 1. The molecule has 0 aliphatic heterocycles. The maximum Gasteiger partial charge on any atom is 0.0901 e. The van der Waals surface area contributed by atoms with Gasteiger partial charge in [0, 0.05) is 5.54 Å². The van der Waals surface area contributed by atoms with Crippen LogP contribution in [0.5, 0.6) is 0 Å². The molecule has 0 radical (unpaired) electrons. The fourth-order valence-electron chi connectivity index (χ4n) is 1.77. The molecule has 0 aromatic heterocycles. The fourth-order valence-corrected chi connectivity index (χ4v) is 3.48. The Morgan fingerprint density at radius 3 is 2.12 bits per heavy atom. The van der Waals surface area contributed by atoms with E-state index in [4.69, 9.17) is 0 Å². The highest BCUT2D eigenvalue weighted by Crippen LogP contribution is 2.34. The van der Waals surface area contributed by atoms with Gasteiger partial charge < -0.3 is 5.11 Å². The summed E-state index contributed by atoms with van der Waals surface area (Å²) in [4.78, 5) is 0. The number of benzene rings is 1. The van der Waals surface area contributed by atoms with Crippen LogP contribution in [0.1, 0.15) is 18.6 Å². The summed E-state index contributed by atoms with van der Waals surface area (Å²) in [5.74, 6) is 6.13. The lowest BCUT2D eigenvalue weighted by Gasteiger charge is -2.29. The van der Waals surface area contributed by atoms with Crippen LogP contribution >= 0.6 is 0 Å². The summed E-state index contributed by atoms with van der Waals surface area (Å²) in [6.45, 7) is 8.57. The third-order valence-electron chi connectivity index (χ3n) is 2.69. The minimum atomic E-state index is -1.48. The van der Waals surface area contributed by atoms with E-state index in [1.54, 1.807) is 0 Å². The molecule has 0 unspecified atom stereocenters. The first-order chi connectivity index (χ1) is 7.46. The van der Waals surface area contributed by atoms with Crippen LogP contribution in [-0.2, 0) is 0 Å². The van der Waals surface area contributed by atoms with E-state index in [0.717, 1.165) is 5.56 Å². The van der Waals surface area contributed by atoms with Gasteiger partial charge in [-0.05, 0) is 12.5 Å². The van der Waals surface area contributed by atoms with Gasteiger partial charge >= 0.3 is 0 Å². The maximum absolute atomic E-state index is 10.4. The van der Waals surface area contributed by atoms with Gasteiger partial charge in [-0.3, -0.25) is 0 Å². The Morgan fingerprint density at radius 1 is 1.12 bits per heavy atom. The zero-order chi connectivity index (χ0) is 12.2. The van der Waals surface area contributed by atoms with Gasteiger partial charge in [0.2, 0.25) is 0 Å². The van der Waals surface area contributed by atoms with Crippen molar-refractivity contribution < 1.29 is 5.11 Å². The van der Waals surface area contributed by atoms with Crippen LogP contribution in [0.25, 0.3) is 0 Å². The molecule has 0 fully saturated rings. The van der Waals surface area contributed by atoms with Gasteiger partial charge in [-0.2, -0.15) is 0 Å². The molecule has 0 bridgehead atoms. The molecule has 0 saturated carbocycles. The van der Waals surface area contributed by atoms with Gasteiger partial charge in [0.1, 0.15) is 0 Å². The summed E-state index contributed by atoms with van der Waals surface area (Å²) in [7, 11) is -1.48. The molecule has 0 aliphatic rings. The van der Waals surface area contributed by atoms with Crippen molar-refractivity contribution in [1.82, 2.24) is 0 Å². The molecule has 1 N–H and O–H groups in total. The van der Waals surface area contributed by atoms with Crippen molar-refractivity contribution in [3.8, 4) is 11.8 Å². The van der Waals surface area contributed by atoms with Gasteiger partial charge in [0.25, 0.3) is 0 Å². The zero-order valence-electron chi connectivity index (χ0n) is 10.5. The Bertz CT molecular complexity index is 381. The first kappa shape index (κ1) is 13.0. The molecule has 2 heteroatoms. The summed E-state index contributed by atoms with van der Waals surface area (Å²) in [5, 5.41) is 10.4. The predicted molar refractivity (Wildman–Crippen MR) is 71.9 cm³/mol. The molecule has 0 aliphatic carbocycles. The minimum absolute atomic E-state index is 0.0971. The number of rotatable bonds is 3. The van der Waals surface area contributed by atoms with Crippen molar-refractivity contribution in [2.24, 2.45) is 0 Å². The molecule has 0 spiro atoms. The fraction of sp³-hybridized carbons (Fsp3) is 0.429. The van der Waals surface area contributed by atoms with Crippen LogP contribution in [0.4, 0.5) is 0 Å². The average molecular weight is 232 g/mol. The van der Waals surface area contributed by atoms with Crippen molar-refractivity contribution in [2.45, 2.75) is 38.2 Å². The quantitative estimate of drug-likeness (QED) is 0.625. The Morgan fingerprint density at radius 2 is 1.69 bits per heavy atom. The summed E-state index contributed by atoms with van der Waals surface area (Å²) in [6, 6.07) is 9.81. The maximum atomic E-state index is 10.4. The third kappa shape index (κ3) is 3.23. The van der Waals surface area contributed by atoms with Crippen molar-refractivity contribution in [3.05, 3.63) is 35.9 Å². The molecular weight excluding hydrogens is 212 g/mol. The molecule has 2 atom stereocenters. The van der Waals surface area contributed by atoms with E-state index in [1.807, 2.05) is 37.3 Å². The third-order valence-corrected chi connectivity index (χ3v) is 5.02. The van der Waals surface area contributed by atoms with Gasteiger partial charge in [-0.25, -0.2) is 0 Å². The monoisotopic (exact) mass is 232 g/mol. The Hall–Kier alpha value is -1.04. The summed E-state index contributed by atoms with van der Waals surface area (Å²) >= 11 is 0. The van der Waals surface area contributed by atoms with Gasteiger partial charge in [-0.15, -0.1) is 11.8 Å². The topological polar surface area (TPSA) is 20.2 Å². The first-order valence-electron chi connectivity index (χ1n) is 5.62. The normalized spacial score (nSPS) is 14.8. The zero-order valence-corrected chi connectivity index (χ0v) is 11.5. The van der Waals surface area contributed by atoms with E-state index in [0.29, 0.717) is 0 Å².